The molecular weight excluding hydrogens is 192 g/mol. The maximum atomic E-state index is 5.36. The summed E-state index contributed by atoms with van der Waals surface area (Å²) in [7, 11) is 0. The van der Waals surface area contributed by atoms with Crippen molar-refractivity contribution in [3.05, 3.63) is 30.3 Å². The summed E-state index contributed by atoms with van der Waals surface area (Å²) in [6.07, 6.45) is 0. The molecule has 3 N–H and O–H groups in total. The van der Waals surface area contributed by atoms with E-state index in [-0.39, 0.29) is 6.01 Å². The standard InChI is InChI=1S/C10H8N4O/c11-10-14-13-9(15-10)8-5-6-3-1-2-4-7(6)12-8/h1-5,12H,(H2,11,14). The molecule has 5 heteroatoms. The number of nitrogens with two attached hydrogens (primary N) is 1. The number of nitrogens with one attached hydrogen (secondary N) is 1. The van der Waals surface area contributed by atoms with Gasteiger partial charge in [0.25, 0.3) is 5.89 Å². The summed E-state index contributed by atoms with van der Waals surface area (Å²) < 4.78 is 5.12. The van der Waals surface area contributed by atoms with E-state index in [1.165, 1.54) is 0 Å². The van der Waals surface area contributed by atoms with E-state index in [1.54, 1.807) is 0 Å². The lowest BCUT2D eigenvalue weighted by Crippen LogP contribution is -1.81. The number of nitrogens with zero attached hydrogens (tertiary/aromatic N) is 2. The Morgan fingerprint density at radius 1 is 1.20 bits per heavy atom. The molecule has 0 saturated heterocycles. The van der Waals surface area contributed by atoms with Crippen LogP contribution in [0.15, 0.2) is 34.7 Å². The topological polar surface area (TPSA) is 80.7 Å². The molecule has 0 aliphatic heterocycles. The van der Waals surface area contributed by atoms with Crippen LogP contribution in [0.2, 0.25) is 0 Å². The van der Waals surface area contributed by atoms with Gasteiger partial charge in [-0.3, -0.25) is 0 Å². The van der Waals surface area contributed by atoms with E-state index in [2.05, 4.69) is 15.2 Å². The van der Waals surface area contributed by atoms with Gasteiger partial charge in [0.1, 0.15) is 5.69 Å². The van der Waals surface area contributed by atoms with E-state index in [0.29, 0.717) is 5.89 Å². The first-order valence-electron chi connectivity index (χ1n) is 4.50. The summed E-state index contributed by atoms with van der Waals surface area (Å²) in [5.41, 5.74) is 7.17. The molecule has 1 aromatic carbocycles. The Balaban J connectivity index is 2.19. The maximum absolute atomic E-state index is 5.36. The molecule has 3 aromatic rings. The Kier molecular flexibility index (Phi) is 1.53. The summed E-state index contributed by atoms with van der Waals surface area (Å²) in [6.45, 7) is 0. The molecule has 5 nitrogen and oxygen atoms in total. The van der Waals surface area contributed by atoms with Crippen molar-refractivity contribution >= 4 is 16.9 Å². The summed E-state index contributed by atoms with van der Waals surface area (Å²) in [5, 5.41) is 8.51. The smallest absolute Gasteiger partial charge is 0.313 e. The second-order valence-electron chi connectivity index (χ2n) is 3.22. The summed E-state index contributed by atoms with van der Waals surface area (Å²) >= 11 is 0. The van der Waals surface area contributed by atoms with Crippen molar-refractivity contribution in [1.29, 1.82) is 0 Å². The molecule has 0 unspecified atom stereocenters. The minimum atomic E-state index is 0.0728. The average molecular weight is 200 g/mol. The largest absolute Gasteiger partial charge is 0.402 e. The van der Waals surface area contributed by atoms with E-state index < -0.39 is 0 Å². The molecule has 0 amide bonds. The minimum Gasteiger partial charge on any atom is -0.402 e. The molecule has 74 valence electrons. The summed E-state index contributed by atoms with van der Waals surface area (Å²) in [5.74, 6) is 0.406. The lowest BCUT2D eigenvalue weighted by Gasteiger charge is -1.85. The Morgan fingerprint density at radius 2 is 2.07 bits per heavy atom. The molecule has 0 saturated carbocycles. The molecule has 0 aliphatic rings. The molecule has 0 radical (unpaired) electrons. The molecule has 0 fully saturated rings. The molecule has 0 atom stereocenters. The van der Waals surface area contributed by atoms with Gasteiger partial charge in [-0.2, -0.15) is 0 Å². The van der Waals surface area contributed by atoms with Gasteiger partial charge in [-0.15, -0.1) is 5.10 Å². The predicted molar refractivity (Wildman–Crippen MR) is 56.0 cm³/mol. The predicted octanol–water partition coefficient (Wildman–Crippen LogP) is 1.80. The third-order valence-corrected chi connectivity index (χ3v) is 2.20. The highest BCUT2D eigenvalue weighted by atomic mass is 16.4. The first kappa shape index (κ1) is 8.05. The fourth-order valence-corrected chi connectivity index (χ4v) is 1.53. The summed E-state index contributed by atoms with van der Waals surface area (Å²) in [6, 6.07) is 9.95. The zero-order valence-corrected chi connectivity index (χ0v) is 7.77. The number of aromatic nitrogens is 3. The van der Waals surface area contributed by atoms with Crippen LogP contribution in [0.1, 0.15) is 0 Å². The van der Waals surface area contributed by atoms with E-state index in [0.717, 1.165) is 16.6 Å². The van der Waals surface area contributed by atoms with Crippen LogP contribution in [0.5, 0.6) is 0 Å². The lowest BCUT2D eigenvalue weighted by atomic mass is 10.2. The van der Waals surface area contributed by atoms with Crippen molar-refractivity contribution in [2.45, 2.75) is 0 Å². The highest BCUT2D eigenvalue weighted by Crippen LogP contribution is 2.23. The fraction of sp³-hybridized carbons (Fsp3) is 0. The van der Waals surface area contributed by atoms with Gasteiger partial charge >= 0.3 is 6.01 Å². The van der Waals surface area contributed by atoms with Gasteiger partial charge in [-0.05, 0) is 12.1 Å². The number of benzene rings is 1. The van der Waals surface area contributed by atoms with Crippen LogP contribution in [0.4, 0.5) is 6.01 Å². The zero-order chi connectivity index (χ0) is 10.3. The number of rotatable bonds is 1. The Bertz CT molecular complexity index is 577. The third-order valence-electron chi connectivity index (χ3n) is 2.20. The van der Waals surface area contributed by atoms with E-state index in [4.69, 9.17) is 10.2 Å². The van der Waals surface area contributed by atoms with Crippen molar-refractivity contribution in [2.24, 2.45) is 0 Å². The maximum Gasteiger partial charge on any atom is 0.313 e. The highest BCUT2D eigenvalue weighted by molar-refractivity contribution is 5.84. The first-order chi connectivity index (χ1) is 7.33. The van der Waals surface area contributed by atoms with Gasteiger partial charge in [0.15, 0.2) is 0 Å². The first-order valence-corrected chi connectivity index (χ1v) is 4.50. The van der Waals surface area contributed by atoms with Crippen molar-refractivity contribution < 1.29 is 4.42 Å². The quantitative estimate of drug-likeness (QED) is 0.627. The number of fused-ring (bicyclic) bond motifs is 1. The van der Waals surface area contributed by atoms with Gasteiger partial charge in [0.05, 0.1) is 0 Å². The molecule has 2 aromatic heterocycles. The fourth-order valence-electron chi connectivity index (χ4n) is 1.53. The van der Waals surface area contributed by atoms with Crippen molar-refractivity contribution in [3.63, 3.8) is 0 Å². The SMILES string of the molecule is Nc1nnc(-c2cc3ccccc3[nH]2)o1. The van der Waals surface area contributed by atoms with Gasteiger partial charge < -0.3 is 15.1 Å². The monoisotopic (exact) mass is 200 g/mol. The second-order valence-corrected chi connectivity index (χ2v) is 3.22. The molecule has 3 rings (SSSR count). The number of hydrogen-bond acceptors (Lipinski definition) is 4. The van der Waals surface area contributed by atoms with Crippen molar-refractivity contribution in [2.75, 3.05) is 5.73 Å². The lowest BCUT2D eigenvalue weighted by molar-refractivity contribution is 0.588. The van der Waals surface area contributed by atoms with Gasteiger partial charge in [0, 0.05) is 10.9 Å². The van der Waals surface area contributed by atoms with E-state index in [1.807, 2.05) is 30.3 Å². The number of para-hydroxylation sites is 1. The van der Waals surface area contributed by atoms with Crippen LogP contribution in [-0.2, 0) is 0 Å². The zero-order valence-electron chi connectivity index (χ0n) is 7.77. The van der Waals surface area contributed by atoms with Crippen molar-refractivity contribution in [1.82, 2.24) is 15.2 Å². The average Bonchev–Trinajstić information content (AvgIpc) is 2.82. The number of anilines is 1. The Labute approximate surface area is 84.9 Å². The second kappa shape index (κ2) is 2.84. The normalized spacial score (nSPS) is 10.9. The van der Waals surface area contributed by atoms with Crippen LogP contribution >= 0.6 is 0 Å². The number of H-pyrrole nitrogens is 1. The van der Waals surface area contributed by atoms with Crippen LogP contribution in [0.3, 0.4) is 0 Å². The molecule has 0 bridgehead atoms. The molecule has 15 heavy (non-hydrogen) atoms. The Hall–Kier alpha value is -2.30. The molecule has 0 aliphatic carbocycles. The molecular formula is C10H8N4O. The van der Waals surface area contributed by atoms with Crippen LogP contribution < -0.4 is 5.73 Å². The van der Waals surface area contributed by atoms with Crippen LogP contribution in [0.25, 0.3) is 22.5 Å². The van der Waals surface area contributed by atoms with Crippen molar-refractivity contribution in [3.8, 4) is 11.6 Å². The highest BCUT2D eigenvalue weighted by Gasteiger charge is 2.08. The van der Waals surface area contributed by atoms with Gasteiger partial charge in [-0.25, -0.2) is 0 Å². The third kappa shape index (κ3) is 1.25. The number of nitrogen functional groups attached to an aromatic ring is 1. The number of hydrogen-bond donors (Lipinski definition) is 2. The van der Waals surface area contributed by atoms with Gasteiger partial charge in [0.2, 0.25) is 0 Å². The Morgan fingerprint density at radius 3 is 2.80 bits per heavy atom. The van der Waals surface area contributed by atoms with E-state index >= 15 is 0 Å². The number of aromatic amines is 1. The van der Waals surface area contributed by atoms with Gasteiger partial charge in [-0.1, -0.05) is 23.3 Å². The molecule has 2 heterocycles. The van der Waals surface area contributed by atoms with Crippen LogP contribution in [0, 0.1) is 0 Å². The minimum absolute atomic E-state index is 0.0728. The van der Waals surface area contributed by atoms with Crippen LogP contribution in [-0.4, -0.2) is 15.2 Å². The summed E-state index contributed by atoms with van der Waals surface area (Å²) in [4.78, 5) is 3.17. The molecule has 0 spiro atoms. The van der Waals surface area contributed by atoms with E-state index in [9.17, 15) is 0 Å².